The number of rotatable bonds is 6. The van der Waals surface area contributed by atoms with E-state index in [4.69, 9.17) is 23.1 Å². The molecule has 1 rings (SSSR count). The van der Waals surface area contributed by atoms with Crippen LogP contribution in [-0.2, 0) is 10.0 Å². The van der Waals surface area contributed by atoms with Crippen molar-refractivity contribution in [2.45, 2.75) is 6.42 Å². The molecule has 0 bridgehead atoms. The van der Waals surface area contributed by atoms with Crippen molar-refractivity contribution in [3.05, 3.63) is 23.9 Å². The van der Waals surface area contributed by atoms with E-state index in [1.165, 1.54) is 0 Å². The van der Waals surface area contributed by atoms with Crippen LogP contribution >= 0.6 is 12.2 Å². The third-order valence-corrected chi connectivity index (χ3v) is 3.05. The van der Waals surface area contributed by atoms with E-state index in [1.807, 2.05) is 0 Å². The minimum Gasteiger partial charge on any atom is -0.389 e. The van der Waals surface area contributed by atoms with Crippen LogP contribution in [0.3, 0.4) is 0 Å². The molecule has 0 unspecified atom stereocenters. The van der Waals surface area contributed by atoms with Crippen LogP contribution in [0.1, 0.15) is 12.0 Å². The Morgan fingerprint density at radius 3 is 2.65 bits per heavy atom. The predicted octanol–water partition coefficient (Wildman–Crippen LogP) is -0.194. The third-order valence-electron chi connectivity index (χ3n) is 1.96. The van der Waals surface area contributed by atoms with E-state index < -0.39 is 10.0 Å². The van der Waals surface area contributed by atoms with Gasteiger partial charge in [0, 0.05) is 18.3 Å². The Morgan fingerprint density at radius 2 is 2.18 bits per heavy atom. The smallest absolute Gasteiger partial charge is 0.209 e. The number of anilines is 1. The molecule has 0 radical (unpaired) electrons. The Hall–Kier alpha value is -1.25. The Morgan fingerprint density at radius 1 is 1.47 bits per heavy atom. The van der Waals surface area contributed by atoms with Crippen molar-refractivity contribution in [1.82, 2.24) is 4.98 Å². The number of nitrogens with one attached hydrogen (secondary N) is 1. The summed E-state index contributed by atoms with van der Waals surface area (Å²) < 4.78 is 21.3. The molecule has 0 aromatic carbocycles. The lowest BCUT2D eigenvalue weighted by molar-refractivity contribution is 0.595. The summed E-state index contributed by atoms with van der Waals surface area (Å²) in [5, 5.41) is 7.84. The largest absolute Gasteiger partial charge is 0.389 e. The highest BCUT2D eigenvalue weighted by Gasteiger charge is 2.02. The number of thiocarbonyl (C=S) groups is 1. The standard InChI is InChI=1S/C9H14N4O2S2/c10-9(16)7-2-3-8(13-6-7)12-4-1-5-17(11,14)15/h2-3,6H,1,4-5H2,(H2,10,16)(H,12,13)(H2,11,14,15). The molecule has 0 fully saturated rings. The molecule has 5 N–H and O–H groups in total. The molecule has 0 saturated heterocycles. The fourth-order valence-electron chi connectivity index (χ4n) is 1.13. The van der Waals surface area contributed by atoms with E-state index in [1.54, 1.807) is 18.3 Å². The van der Waals surface area contributed by atoms with Crippen molar-refractivity contribution in [3.8, 4) is 0 Å². The zero-order valence-electron chi connectivity index (χ0n) is 9.09. The van der Waals surface area contributed by atoms with Crippen LogP contribution in [0.5, 0.6) is 0 Å². The molecular weight excluding hydrogens is 260 g/mol. The number of primary sulfonamides is 1. The summed E-state index contributed by atoms with van der Waals surface area (Å²) in [4.78, 5) is 4.36. The van der Waals surface area contributed by atoms with Crippen LogP contribution in [0.4, 0.5) is 5.82 Å². The van der Waals surface area contributed by atoms with Crippen LogP contribution in [0.25, 0.3) is 0 Å². The molecule has 94 valence electrons. The van der Waals surface area contributed by atoms with Crippen molar-refractivity contribution in [2.75, 3.05) is 17.6 Å². The summed E-state index contributed by atoms with van der Waals surface area (Å²) in [5.74, 6) is 0.588. The molecular formula is C9H14N4O2S2. The fourth-order valence-corrected chi connectivity index (χ4v) is 1.80. The van der Waals surface area contributed by atoms with Gasteiger partial charge >= 0.3 is 0 Å². The SMILES string of the molecule is NC(=S)c1ccc(NCCCS(N)(=O)=O)nc1. The molecule has 1 heterocycles. The Balaban J connectivity index is 2.40. The Labute approximate surface area is 105 Å². The van der Waals surface area contributed by atoms with Gasteiger partial charge < -0.3 is 11.1 Å². The number of aromatic nitrogens is 1. The number of nitrogens with zero attached hydrogens (tertiary/aromatic N) is 1. The van der Waals surface area contributed by atoms with Crippen molar-refractivity contribution < 1.29 is 8.42 Å². The normalized spacial score (nSPS) is 11.1. The second kappa shape index (κ2) is 5.89. The number of sulfonamides is 1. The summed E-state index contributed by atoms with van der Waals surface area (Å²) in [7, 11) is -3.39. The summed E-state index contributed by atoms with van der Waals surface area (Å²) >= 11 is 4.79. The first-order valence-corrected chi connectivity index (χ1v) is 7.01. The number of hydrogen-bond acceptors (Lipinski definition) is 5. The first-order valence-electron chi connectivity index (χ1n) is 4.89. The molecule has 0 aliphatic rings. The molecule has 8 heteroatoms. The van der Waals surface area contributed by atoms with Gasteiger partial charge in [-0.2, -0.15) is 0 Å². The van der Waals surface area contributed by atoms with E-state index in [0.717, 1.165) is 0 Å². The van der Waals surface area contributed by atoms with Gasteiger partial charge in [-0.25, -0.2) is 18.5 Å². The topological polar surface area (TPSA) is 111 Å². The second-order valence-corrected chi connectivity index (χ2v) is 5.62. The van der Waals surface area contributed by atoms with Gasteiger partial charge in [0.05, 0.1) is 5.75 Å². The minimum atomic E-state index is -3.39. The zero-order chi connectivity index (χ0) is 12.9. The Bertz CT molecular complexity index is 484. The molecule has 6 nitrogen and oxygen atoms in total. The van der Waals surface area contributed by atoms with Crippen LogP contribution in [0.2, 0.25) is 0 Å². The molecule has 0 spiro atoms. The number of pyridine rings is 1. The van der Waals surface area contributed by atoms with Crippen molar-refractivity contribution in [1.29, 1.82) is 0 Å². The molecule has 17 heavy (non-hydrogen) atoms. The maximum Gasteiger partial charge on any atom is 0.209 e. The van der Waals surface area contributed by atoms with Crippen molar-refractivity contribution in [2.24, 2.45) is 10.9 Å². The lowest BCUT2D eigenvalue weighted by Gasteiger charge is -2.05. The minimum absolute atomic E-state index is 0.0506. The summed E-state index contributed by atoms with van der Waals surface area (Å²) in [6.45, 7) is 0.482. The average molecular weight is 274 g/mol. The Kier molecular flexibility index (Phi) is 4.79. The fraction of sp³-hybridized carbons (Fsp3) is 0.333. The molecule has 0 aliphatic heterocycles. The van der Waals surface area contributed by atoms with Gasteiger partial charge in [0.1, 0.15) is 10.8 Å². The molecule has 0 saturated carbocycles. The molecule has 1 aromatic rings. The van der Waals surface area contributed by atoms with Gasteiger partial charge in [0.25, 0.3) is 0 Å². The van der Waals surface area contributed by atoms with E-state index in [0.29, 0.717) is 29.3 Å². The molecule has 0 atom stereocenters. The van der Waals surface area contributed by atoms with Crippen LogP contribution < -0.4 is 16.2 Å². The van der Waals surface area contributed by atoms with Gasteiger partial charge in [-0.15, -0.1) is 0 Å². The maximum absolute atomic E-state index is 10.7. The lowest BCUT2D eigenvalue weighted by atomic mass is 10.3. The predicted molar refractivity (Wildman–Crippen MR) is 71.2 cm³/mol. The average Bonchev–Trinajstić information content (AvgIpc) is 2.24. The lowest BCUT2D eigenvalue weighted by Crippen LogP contribution is -2.19. The highest BCUT2D eigenvalue weighted by Crippen LogP contribution is 2.04. The summed E-state index contributed by atoms with van der Waals surface area (Å²) in [6.07, 6.45) is 1.99. The number of hydrogen-bond donors (Lipinski definition) is 3. The van der Waals surface area contributed by atoms with Crippen LogP contribution in [-0.4, -0.2) is 30.7 Å². The highest BCUT2D eigenvalue weighted by molar-refractivity contribution is 7.89. The van der Waals surface area contributed by atoms with Gasteiger partial charge in [-0.05, 0) is 18.6 Å². The van der Waals surface area contributed by atoms with E-state index in [-0.39, 0.29) is 5.75 Å². The van der Waals surface area contributed by atoms with E-state index in [9.17, 15) is 8.42 Å². The van der Waals surface area contributed by atoms with Gasteiger partial charge in [-0.3, -0.25) is 0 Å². The molecule has 1 aromatic heterocycles. The maximum atomic E-state index is 10.7. The van der Waals surface area contributed by atoms with Gasteiger partial charge in [0.15, 0.2) is 0 Å². The van der Waals surface area contributed by atoms with Crippen LogP contribution in [0, 0.1) is 0 Å². The van der Waals surface area contributed by atoms with Crippen molar-refractivity contribution >= 4 is 33.0 Å². The first-order chi connectivity index (χ1) is 7.88. The first kappa shape index (κ1) is 13.8. The summed E-state index contributed by atoms with van der Waals surface area (Å²) in [5.41, 5.74) is 6.11. The van der Waals surface area contributed by atoms with Gasteiger partial charge in [0.2, 0.25) is 10.0 Å². The third kappa shape index (κ3) is 5.57. The van der Waals surface area contributed by atoms with E-state index >= 15 is 0 Å². The second-order valence-electron chi connectivity index (χ2n) is 3.44. The zero-order valence-corrected chi connectivity index (χ0v) is 10.7. The van der Waals surface area contributed by atoms with Crippen molar-refractivity contribution in [3.63, 3.8) is 0 Å². The molecule has 0 amide bonds. The summed E-state index contributed by atoms with van der Waals surface area (Å²) in [6, 6.07) is 3.47. The van der Waals surface area contributed by atoms with Crippen LogP contribution in [0.15, 0.2) is 18.3 Å². The molecule has 0 aliphatic carbocycles. The monoisotopic (exact) mass is 274 g/mol. The van der Waals surface area contributed by atoms with E-state index in [2.05, 4.69) is 10.3 Å². The van der Waals surface area contributed by atoms with Gasteiger partial charge in [-0.1, -0.05) is 12.2 Å². The highest BCUT2D eigenvalue weighted by atomic mass is 32.2. The quantitative estimate of drug-likeness (QED) is 0.489. The number of nitrogens with two attached hydrogens (primary N) is 2.